The molecule has 0 aliphatic heterocycles. The Morgan fingerprint density at radius 1 is 0.914 bits per heavy atom. The molecule has 0 aliphatic carbocycles. The lowest BCUT2D eigenvalue weighted by Gasteiger charge is -2.16. The highest BCUT2D eigenvalue weighted by Crippen LogP contribution is 2.26. The number of nitrogens with zero attached hydrogens (tertiary/aromatic N) is 3. The van der Waals surface area contributed by atoms with Gasteiger partial charge in [0, 0.05) is 61.5 Å². The Hall–Kier alpha value is -3.98. The van der Waals surface area contributed by atoms with Gasteiger partial charge >= 0.3 is 0 Å². The molecule has 0 fully saturated rings. The molecule has 2 aromatic heterocycles. The summed E-state index contributed by atoms with van der Waals surface area (Å²) in [7, 11) is 0. The largest absolute Gasteiger partial charge is 0.368 e. The Kier molecular flexibility index (Phi) is 9.56. The molecule has 0 atom stereocenters. The number of hydrogen-bond donors (Lipinski definition) is 4. The fourth-order valence-corrected chi connectivity index (χ4v) is 3.20. The minimum Gasteiger partial charge on any atom is -0.368 e. The lowest BCUT2D eigenvalue weighted by atomic mass is 10.2. The first-order valence-corrected chi connectivity index (χ1v) is 11.5. The van der Waals surface area contributed by atoms with Crippen molar-refractivity contribution < 1.29 is 9.59 Å². The van der Waals surface area contributed by atoms with Crippen LogP contribution in [0.1, 0.15) is 18.2 Å². The maximum absolute atomic E-state index is 12.1. The van der Waals surface area contributed by atoms with Crippen LogP contribution >= 0.6 is 11.6 Å². The lowest BCUT2D eigenvalue weighted by molar-refractivity contribution is -0.119. The Balaban J connectivity index is 1.64. The molecular formula is C25H28ClN7O2. The van der Waals surface area contributed by atoms with Crippen molar-refractivity contribution in [2.45, 2.75) is 13.8 Å². The first-order chi connectivity index (χ1) is 16.9. The van der Waals surface area contributed by atoms with Crippen molar-refractivity contribution in [1.82, 2.24) is 25.6 Å². The summed E-state index contributed by atoms with van der Waals surface area (Å²) < 4.78 is 0. The number of benzene rings is 1. The van der Waals surface area contributed by atoms with E-state index in [4.69, 9.17) is 11.6 Å². The SMILES string of the molecule is CC(=O)NCCNc1nc(-c2ccc(Cl)cc2)nc(NCCNC(=O)/C=C/c2ccccn2)c1C. The number of hydrogen-bond acceptors (Lipinski definition) is 7. The van der Waals surface area contributed by atoms with Gasteiger partial charge in [0.25, 0.3) is 0 Å². The minimum atomic E-state index is -0.209. The van der Waals surface area contributed by atoms with Crippen molar-refractivity contribution in [2.75, 3.05) is 36.8 Å². The normalized spacial score (nSPS) is 10.7. The maximum Gasteiger partial charge on any atom is 0.244 e. The summed E-state index contributed by atoms with van der Waals surface area (Å²) in [4.78, 5) is 36.7. The first kappa shape index (κ1) is 25.6. The van der Waals surface area contributed by atoms with Gasteiger partial charge in [-0.2, -0.15) is 0 Å². The molecule has 9 nitrogen and oxygen atoms in total. The van der Waals surface area contributed by atoms with Crippen molar-refractivity contribution in [1.29, 1.82) is 0 Å². The third-order valence-electron chi connectivity index (χ3n) is 4.85. The van der Waals surface area contributed by atoms with E-state index < -0.39 is 0 Å². The lowest BCUT2D eigenvalue weighted by Crippen LogP contribution is -2.28. The quantitative estimate of drug-likeness (QED) is 0.239. The van der Waals surface area contributed by atoms with Crippen LogP contribution in [0.15, 0.2) is 54.7 Å². The van der Waals surface area contributed by atoms with E-state index in [1.807, 2.05) is 37.3 Å². The third kappa shape index (κ3) is 8.38. The number of halogens is 1. The van der Waals surface area contributed by atoms with Crippen molar-refractivity contribution in [3.63, 3.8) is 0 Å². The number of carbonyl (C=O) groups excluding carboxylic acids is 2. The summed E-state index contributed by atoms with van der Waals surface area (Å²) in [6, 6.07) is 12.8. The highest BCUT2D eigenvalue weighted by molar-refractivity contribution is 6.30. The van der Waals surface area contributed by atoms with Gasteiger partial charge in [-0.1, -0.05) is 17.7 Å². The number of aromatic nitrogens is 3. The molecule has 1 aromatic carbocycles. The van der Waals surface area contributed by atoms with Crippen LogP contribution in [-0.2, 0) is 9.59 Å². The van der Waals surface area contributed by atoms with Crippen molar-refractivity contribution in [3.05, 3.63) is 71.0 Å². The van der Waals surface area contributed by atoms with E-state index in [-0.39, 0.29) is 11.8 Å². The van der Waals surface area contributed by atoms with Gasteiger partial charge in [0.05, 0.1) is 5.69 Å². The van der Waals surface area contributed by atoms with Crippen molar-refractivity contribution in [2.24, 2.45) is 0 Å². The summed E-state index contributed by atoms with van der Waals surface area (Å²) in [5.41, 5.74) is 2.35. The first-order valence-electron chi connectivity index (χ1n) is 11.2. The standard InChI is InChI=1S/C25H28ClN7O2/c1-17-23(30-15-13-27-18(2)34)32-25(19-6-8-20(26)9-7-19)33-24(17)31-16-14-29-22(35)11-10-21-5-3-4-12-28-21/h3-12H,13-16H2,1-2H3,(H,27,34)(H,29,35)(H2,30,31,32,33)/b11-10+. The molecule has 0 radical (unpaired) electrons. The van der Waals surface area contributed by atoms with Gasteiger partial charge in [0.1, 0.15) is 11.6 Å². The van der Waals surface area contributed by atoms with Gasteiger partial charge in [0.15, 0.2) is 5.82 Å². The minimum absolute atomic E-state index is 0.0904. The zero-order chi connectivity index (χ0) is 25.0. The zero-order valence-electron chi connectivity index (χ0n) is 19.6. The number of rotatable bonds is 11. The van der Waals surface area contributed by atoms with Gasteiger partial charge in [0.2, 0.25) is 11.8 Å². The monoisotopic (exact) mass is 493 g/mol. The van der Waals surface area contributed by atoms with Crippen LogP contribution in [0, 0.1) is 6.92 Å². The van der Waals surface area contributed by atoms with E-state index >= 15 is 0 Å². The fourth-order valence-electron chi connectivity index (χ4n) is 3.07. The molecule has 2 amide bonds. The summed E-state index contributed by atoms with van der Waals surface area (Å²) in [5.74, 6) is 1.52. The average molecular weight is 494 g/mol. The van der Waals surface area contributed by atoms with Crippen molar-refractivity contribution in [3.8, 4) is 11.4 Å². The Morgan fingerprint density at radius 2 is 1.57 bits per heavy atom. The van der Waals surface area contributed by atoms with E-state index in [2.05, 4.69) is 36.2 Å². The second kappa shape index (κ2) is 13.0. The number of anilines is 2. The molecule has 3 rings (SSSR count). The average Bonchev–Trinajstić information content (AvgIpc) is 2.85. The summed E-state index contributed by atoms with van der Waals surface area (Å²) in [6.07, 6.45) is 4.79. The van der Waals surface area contributed by atoms with Gasteiger partial charge in [-0.05, 0) is 49.4 Å². The third-order valence-corrected chi connectivity index (χ3v) is 5.10. The second-order valence-electron chi connectivity index (χ2n) is 7.59. The zero-order valence-corrected chi connectivity index (χ0v) is 20.4. The molecule has 3 aromatic rings. The Labute approximate surface area is 209 Å². The van der Waals surface area contributed by atoms with Gasteiger partial charge in [-0.3, -0.25) is 14.6 Å². The molecule has 182 valence electrons. The molecule has 0 saturated heterocycles. The highest BCUT2D eigenvalue weighted by atomic mass is 35.5. The van der Waals surface area contributed by atoms with Gasteiger partial charge in [-0.25, -0.2) is 9.97 Å². The number of nitrogens with one attached hydrogen (secondary N) is 4. The Morgan fingerprint density at radius 3 is 2.17 bits per heavy atom. The predicted octanol–water partition coefficient (Wildman–Crippen LogP) is 3.29. The van der Waals surface area contributed by atoms with Crippen LogP contribution in [0.4, 0.5) is 11.6 Å². The van der Waals surface area contributed by atoms with Crippen LogP contribution < -0.4 is 21.3 Å². The smallest absolute Gasteiger partial charge is 0.244 e. The van der Waals surface area contributed by atoms with E-state index in [9.17, 15) is 9.59 Å². The van der Waals surface area contributed by atoms with Crippen LogP contribution in [-0.4, -0.2) is 52.9 Å². The highest BCUT2D eigenvalue weighted by Gasteiger charge is 2.12. The molecule has 2 heterocycles. The van der Waals surface area contributed by atoms with E-state index in [1.165, 1.54) is 13.0 Å². The Bertz CT molecular complexity index is 1170. The molecule has 0 saturated carbocycles. The molecule has 4 N–H and O–H groups in total. The van der Waals surface area contributed by atoms with E-state index in [1.54, 1.807) is 24.4 Å². The molecule has 0 spiro atoms. The number of pyridine rings is 1. The van der Waals surface area contributed by atoms with Gasteiger partial charge < -0.3 is 21.3 Å². The van der Waals surface area contributed by atoms with E-state index in [0.717, 1.165) is 11.1 Å². The summed E-state index contributed by atoms with van der Waals surface area (Å²) >= 11 is 6.02. The molecule has 0 aliphatic rings. The van der Waals surface area contributed by atoms with Crippen molar-refractivity contribution >= 4 is 41.1 Å². The van der Waals surface area contributed by atoms with Crippen LogP contribution in [0.3, 0.4) is 0 Å². The summed E-state index contributed by atoms with van der Waals surface area (Å²) in [6.45, 7) is 5.22. The molecule has 0 unspecified atom stereocenters. The summed E-state index contributed by atoms with van der Waals surface area (Å²) in [5, 5.41) is 12.7. The molecule has 35 heavy (non-hydrogen) atoms. The fraction of sp³-hybridized carbons (Fsp3) is 0.240. The number of carbonyl (C=O) groups is 2. The predicted molar refractivity (Wildman–Crippen MR) is 139 cm³/mol. The maximum atomic E-state index is 12.1. The number of amides is 2. The van der Waals surface area contributed by atoms with Crippen LogP contribution in [0.25, 0.3) is 17.5 Å². The molecule has 0 bridgehead atoms. The van der Waals surface area contributed by atoms with Gasteiger partial charge in [-0.15, -0.1) is 0 Å². The molecule has 10 heteroatoms. The molecular weight excluding hydrogens is 466 g/mol. The van der Waals surface area contributed by atoms with E-state index in [0.29, 0.717) is 54.4 Å². The second-order valence-corrected chi connectivity index (χ2v) is 8.03. The topological polar surface area (TPSA) is 121 Å². The van der Waals surface area contributed by atoms with Crippen LogP contribution in [0.5, 0.6) is 0 Å². The van der Waals surface area contributed by atoms with Crippen LogP contribution in [0.2, 0.25) is 5.02 Å².